The first kappa shape index (κ1) is 14.0. The smallest absolute Gasteiger partial charge is 0.328 e. The van der Waals surface area contributed by atoms with Crippen molar-refractivity contribution in [2.45, 2.75) is 20.8 Å². The van der Waals surface area contributed by atoms with Gasteiger partial charge in [-0.1, -0.05) is 12.1 Å². The quantitative estimate of drug-likeness (QED) is 0.674. The van der Waals surface area contributed by atoms with Crippen LogP contribution in [-0.2, 0) is 9.59 Å². The van der Waals surface area contributed by atoms with Crippen LogP contribution >= 0.6 is 0 Å². The van der Waals surface area contributed by atoms with E-state index in [2.05, 4.69) is 0 Å². The Morgan fingerprint density at radius 1 is 1.25 bits per heavy atom. The number of carbonyl (C=O) groups excluding carboxylic acids is 2. The van der Waals surface area contributed by atoms with Crippen molar-refractivity contribution in [2.75, 3.05) is 11.4 Å². The molecule has 0 aliphatic carbocycles. The van der Waals surface area contributed by atoms with Crippen molar-refractivity contribution in [1.29, 1.82) is 0 Å². The van der Waals surface area contributed by atoms with Crippen LogP contribution in [-0.4, -0.2) is 29.3 Å². The van der Waals surface area contributed by atoms with Crippen molar-refractivity contribution in [3.63, 3.8) is 0 Å². The average Bonchev–Trinajstić information content (AvgIpc) is 2.59. The topological polar surface area (TPSA) is 74.7 Å². The van der Waals surface area contributed by atoms with Gasteiger partial charge in [0.2, 0.25) is 0 Å². The van der Waals surface area contributed by atoms with Gasteiger partial charge in [-0.2, -0.15) is 0 Å². The van der Waals surface area contributed by atoms with Gasteiger partial charge in [-0.05, 0) is 37.5 Å². The summed E-state index contributed by atoms with van der Waals surface area (Å²) >= 11 is 0. The lowest BCUT2D eigenvalue weighted by molar-refractivity contribution is -0.131. The number of carboxylic acids is 1. The maximum absolute atomic E-state index is 12.1. The summed E-state index contributed by atoms with van der Waals surface area (Å²) in [6.45, 7) is 5.34. The summed E-state index contributed by atoms with van der Waals surface area (Å²) in [6.07, 6.45) is 1.04. The molecule has 5 heteroatoms. The Bertz CT molecular complexity index is 658. The lowest BCUT2D eigenvalue weighted by Crippen LogP contribution is -2.31. The number of nitrogens with zero attached hydrogens (tertiary/aromatic N) is 1. The number of carboxylic acid groups (broad SMARTS) is 1. The number of hydrogen-bond donors (Lipinski definition) is 1. The van der Waals surface area contributed by atoms with E-state index in [1.165, 1.54) is 4.90 Å². The molecule has 0 saturated carbocycles. The van der Waals surface area contributed by atoms with Crippen LogP contribution in [0.5, 0.6) is 0 Å². The molecule has 1 amide bonds. The van der Waals surface area contributed by atoms with Crippen LogP contribution in [0.3, 0.4) is 0 Å². The minimum absolute atomic E-state index is 0.105. The SMILES string of the molecule is CC(=CC(=O)O)CN1C(=O)C(=O)c2c(C)ccc(C)c21. The summed E-state index contributed by atoms with van der Waals surface area (Å²) in [5, 5.41) is 8.72. The highest BCUT2D eigenvalue weighted by Crippen LogP contribution is 2.34. The minimum Gasteiger partial charge on any atom is -0.478 e. The molecule has 0 radical (unpaired) electrons. The molecule has 1 aliphatic rings. The molecule has 0 unspecified atom stereocenters. The molecule has 1 aromatic carbocycles. The zero-order chi connectivity index (χ0) is 15.0. The molecule has 1 N–H and O–H groups in total. The lowest BCUT2D eigenvalue weighted by atomic mass is 10.0. The first-order valence-electron chi connectivity index (χ1n) is 6.19. The molecule has 1 heterocycles. The molecule has 20 heavy (non-hydrogen) atoms. The van der Waals surface area contributed by atoms with Crippen molar-refractivity contribution in [3.8, 4) is 0 Å². The van der Waals surface area contributed by atoms with Gasteiger partial charge in [-0.15, -0.1) is 0 Å². The average molecular weight is 273 g/mol. The third-order valence-corrected chi connectivity index (χ3v) is 3.30. The van der Waals surface area contributed by atoms with E-state index in [9.17, 15) is 14.4 Å². The number of hydrogen-bond acceptors (Lipinski definition) is 3. The molecular formula is C15H15NO4. The maximum atomic E-state index is 12.1. The number of anilines is 1. The van der Waals surface area contributed by atoms with Crippen LogP contribution in [0.1, 0.15) is 28.4 Å². The van der Waals surface area contributed by atoms with Gasteiger partial charge in [0.15, 0.2) is 0 Å². The number of Topliss-reactive ketones (excluding diaryl/α,β-unsaturated/α-hetero) is 1. The number of fused-ring (bicyclic) bond motifs is 1. The van der Waals surface area contributed by atoms with Gasteiger partial charge < -0.3 is 10.0 Å². The zero-order valence-corrected chi connectivity index (χ0v) is 11.6. The molecule has 0 atom stereocenters. The fourth-order valence-corrected chi connectivity index (χ4v) is 2.42. The summed E-state index contributed by atoms with van der Waals surface area (Å²) < 4.78 is 0. The second-order valence-corrected chi connectivity index (χ2v) is 4.97. The largest absolute Gasteiger partial charge is 0.478 e. The van der Waals surface area contributed by atoms with E-state index in [1.807, 2.05) is 19.1 Å². The first-order chi connectivity index (χ1) is 9.32. The maximum Gasteiger partial charge on any atom is 0.328 e. The highest BCUT2D eigenvalue weighted by molar-refractivity contribution is 6.52. The Labute approximate surface area is 116 Å². The van der Waals surface area contributed by atoms with E-state index < -0.39 is 17.7 Å². The van der Waals surface area contributed by atoms with E-state index >= 15 is 0 Å². The Morgan fingerprint density at radius 2 is 1.85 bits per heavy atom. The fraction of sp³-hybridized carbons (Fsp3) is 0.267. The van der Waals surface area contributed by atoms with Crippen LogP contribution in [0.25, 0.3) is 0 Å². The van der Waals surface area contributed by atoms with Gasteiger partial charge in [-0.3, -0.25) is 9.59 Å². The second-order valence-electron chi connectivity index (χ2n) is 4.97. The normalized spacial score (nSPS) is 14.8. The Hall–Kier alpha value is -2.43. The van der Waals surface area contributed by atoms with Gasteiger partial charge in [0.1, 0.15) is 0 Å². The van der Waals surface area contributed by atoms with Crippen LogP contribution in [0, 0.1) is 13.8 Å². The van der Waals surface area contributed by atoms with E-state index in [0.717, 1.165) is 17.2 Å². The van der Waals surface area contributed by atoms with Crippen molar-refractivity contribution in [1.82, 2.24) is 0 Å². The summed E-state index contributed by atoms with van der Waals surface area (Å²) in [4.78, 5) is 36.2. The van der Waals surface area contributed by atoms with Crippen molar-refractivity contribution >= 4 is 23.3 Å². The first-order valence-corrected chi connectivity index (χ1v) is 6.19. The van der Waals surface area contributed by atoms with Gasteiger partial charge in [0, 0.05) is 12.6 Å². The fourth-order valence-electron chi connectivity index (χ4n) is 2.42. The van der Waals surface area contributed by atoms with Crippen molar-refractivity contribution in [2.24, 2.45) is 0 Å². The van der Waals surface area contributed by atoms with Crippen LogP contribution < -0.4 is 4.90 Å². The van der Waals surface area contributed by atoms with E-state index in [4.69, 9.17) is 5.11 Å². The molecule has 1 aromatic rings. The van der Waals surface area contributed by atoms with Crippen LogP contribution in [0.15, 0.2) is 23.8 Å². The van der Waals surface area contributed by atoms with Crippen molar-refractivity contribution < 1.29 is 19.5 Å². The van der Waals surface area contributed by atoms with Crippen LogP contribution in [0.4, 0.5) is 5.69 Å². The van der Waals surface area contributed by atoms with Crippen LogP contribution in [0.2, 0.25) is 0 Å². The van der Waals surface area contributed by atoms with E-state index in [0.29, 0.717) is 16.8 Å². The van der Waals surface area contributed by atoms with Crippen molar-refractivity contribution in [3.05, 3.63) is 40.5 Å². The molecule has 104 valence electrons. The highest BCUT2D eigenvalue weighted by atomic mass is 16.4. The second kappa shape index (κ2) is 4.92. The number of amides is 1. The van der Waals surface area contributed by atoms with Gasteiger partial charge in [-0.25, -0.2) is 4.79 Å². The number of benzene rings is 1. The van der Waals surface area contributed by atoms with Gasteiger partial charge >= 0.3 is 5.97 Å². The molecule has 0 spiro atoms. The molecule has 0 aromatic heterocycles. The molecule has 0 fully saturated rings. The van der Waals surface area contributed by atoms with E-state index in [1.54, 1.807) is 13.8 Å². The molecular weight excluding hydrogens is 258 g/mol. The third kappa shape index (κ3) is 2.22. The molecule has 1 aliphatic heterocycles. The molecule has 2 rings (SSSR count). The highest BCUT2D eigenvalue weighted by Gasteiger charge is 2.37. The van der Waals surface area contributed by atoms with Gasteiger partial charge in [0.05, 0.1) is 11.3 Å². The summed E-state index contributed by atoms with van der Waals surface area (Å²) in [5.41, 5.74) is 3.11. The molecule has 5 nitrogen and oxygen atoms in total. The summed E-state index contributed by atoms with van der Waals surface area (Å²) in [7, 11) is 0. The standard InChI is InChI=1S/C15H15NO4/c1-8(6-11(17)18)7-16-13-10(3)5-4-9(2)12(13)14(19)15(16)20/h4-6H,7H2,1-3H3,(H,17,18). The predicted molar refractivity (Wildman–Crippen MR) is 74.0 cm³/mol. The minimum atomic E-state index is -1.07. The summed E-state index contributed by atoms with van der Waals surface area (Å²) in [6, 6.07) is 3.66. The third-order valence-electron chi connectivity index (χ3n) is 3.30. The number of aliphatic carboxylic acids is 1. The molecule has 0 saturated heterocycles. The monoisotopic (exact) mass is 273 g/mol. The number of rotatable bonds is 3. The Kier molecular flexibility index (Phi) is 3.44. The Balaban J connectivity index is 2.49. The lowest BCUT2D eigenvalue weighted by Gasteiger charge is -2.19. The number of carbonyl (C=O) groups is 3. The zero-order valence-electron chi connectivity index (χ0n) is 11.6. The Morgan fingerprint density at radius 3 is 2.45 bits per heavy atom. The summed E-state index contributed by atoms with van der Waals surface area (Å²) in [5.74, 6) is -2.19. The van der Waals surface area contributed by atoms with Gasteiger partial charge in [0.25, 0.3) is 11.7 Å². The molecule has 0 bridgehead atoms. The predicted octanol–water partition coefficient (Wildman–Crippen LogP) is 1.86. The number of aryl methyl sites for hydroxylation is 2. The number of ketones is 1. The van der Waals surface area contributed by atoms with E-state index in [-0.39, 0.29) is 6.54 Å².